The summed E-state index contributed by atoms with van der Waals surface area (Å²) < 4.78 is 8.03. The van der Waals surface area contributed by atoms with Crippen LogP contribution in [0, 0.1) is 0 Å². The number of pyridine rings is 1. The number of ether oxygens (including phenoxy) is 1. The van der Waals surface area contributed by atoms with Crippen LogP contribution in [-0.4, -0.2) is 44.0 Å². The summed E-state index contributed by atoms with van der Waals surface area (Å²) in [6.45, 7) is 2.82. The van der Waals surface area contributed by atoms with Crippen LogP contribution in [0.3, 0.4) is 0 Å². The molecule has 1 aromatic carbocycles. The lowest BCUT2D eigenvalue weighted by atomic mass is 9.98. The van der Waals surface area contributed by atoms with Crippen molar-refractivity contribution in [1.82, 2.24) is 24.8 Å². The number of nitrogens with zero attached hydrogens (tertiary/aromatic N) is 5. The summed E-state index contributed by atoms with van der Waals surface area (Å²) in [6, 6.07) is 12.2. The lowest BCUT2D eigenvalue weighted by Crippen LogP contribution is -2.50. The summed E-state index contributed by atoms with van der Waals surface area (Å²) >= 11 is 0. The van der Waals surface area contributed by atoms with Crippen molar-refractivity contribution in [2.45, 2.75) is 64.3 Å². The van der Waals surface area contributed by atoms with E-state index in [-0.39, 0.29) is 12.3 Å². The second kappa shape index (κ2) is 9.97. The highest BCUT2D eigenvalue weighted by atomic mass is 16.5. The van der Waals surface area contributed by atoms with Gasteiger partial charge in [-0.05, 0) is 55.0 Å². The van der Waals surface area contributed by atoms with Crippen LogP contribution in [0.25, 0.3) is 11.5 Å². The van der Waals surface area contributed by atoms with Gasteiger partial charge in [-0.25, -0.2) is 14.8 Å². The number of rotatable bonds is 6. The maximum atomic E-state index is 12.3. The highest BCUT2D eigenvalue weighted by Crippen LogP contribution is 2.29. The molecule has 0 spiro atoms. The highest BCUT2D eigenvalue weighted by Gasteiger charge is 2.28. The van der Waals surface area contributed by atoms with Gasteiger partial charge in [0.1, 0.15) is 17.3 Å². The topological polar surface area (TPSA) is 92.6 Å². The summed E-state index contributed by atoms with van der Waals surface area (Å²) in [7, 11) is 1.87. The van der Waals surface area contributed by atoms with Crippen molar-refractivity contribution in [3.63, 3.8) is 0 Å². The van der Waals surface area contributed by atoms with Crippen LogP contribution < -0.4 is 15.0 Å². The van der Waals surface area contributed by atoms with Gasteiger partial charge >= 0.3 is 6.03 Å². The van der Waals surface area contributed by atoms with Gasteiger partial charge < -0.3 is 9.30 Å². The van der Waals surface area contributed by atoms with Gasteiger partial charge in [-0.1, -0.05) is 24.6 Å². The number of fused-ring (bicyclic) bond motifs is 1. The molecule has 0 unspecified atom stereocenters. The predicted molar refractivity (Wildman–Crippen MR) is 139 cm³/mol. The van der Waals surface area contributed by atoms with Crippen LogP contribution in [0.1, 0.15) is 55.3 Å². The summed E-state index contributed by atoms with van der Waals surface area (Å²) in [5.74, 6) is 2.04. The third-order valence-corrected chi connectivity index (χ3v) is 7.54. The van der Waals surface area contributed by atoms with Crippen molar-refractivity contribution in [3.8, 4) is 17.3 Å². The largest absolute Gasteiger partial charge is 0.490 e. The molecule has 6 rings (SSSR count). The Morgan fingerprint density at radius 1 is 1.03 bits per heavy atom. The van der Waals surface area contributed by atoms with E-state index in [9.17, 15) is 9.59 Å². The van der Waals surface area contributed by atoms with Gasteiger partial charge in [-0.3, -0.25) is 19.9 Å². The normalized spacial score (nSPS) is 18.7. The number of benzene rings is 1. The minimum absolute atomic E-state index is 0.253. The Balaban J connectivity index is 1.11. The number of hydrogen-bond donors (Lipinski definition) is 1. The molecule has 2 aliphatic heterocycles. The Kier molecular flexibility index (Phi) is 6.38. The lowest BCUT2D eigenvalue weighted by molar-refractivity contribution is -0.120. The van der Waals surface area contributed by atoms with Gasteiger partial charge in [0.05, 0.1) is 18.0 Å². The van der Waals surface area contributed by atoms with E-state index in [0.717, 1.165) is 49.6 Å². The minimum Gasteiger partial charge on any atom is -0.490 e. The van der Waals surface area contributed by atoms with Crippen LogP contribution in [0.2, 0.25) is 0 Å². The van der Waals surface area contributed by atoms with Crippen LogP contribution in [0.4, 0.5) is 10.6 Å². The van der Waals surface area contributed by atoms with Crippen molar-refractivity contribution >= 4 is 17.8 Å². The quantitative estimate of drug-likeness (QED) is 0.547. The predicted octanol–water partition coefficient (Wildman–Crippen LogP) is 4.16. The molecular formula is C28H32N6O3. The number of urea groups is 1. The van der Waals surface area contributed by atoms with Crippen molar-refractivity contribution in [2.24, 2.45) is 7.05 Å². The molecule has 9 heteroatoms. The third-order valence-electron chi connectivity index (χ3n) is 7.54. The molecule has 2 fully saturated rings. The Morgan fingerprint density at radius 3 is 2.62 bits per heavy atom. The average Bonchev–Trinajstić information content (AvgIpc) is 3.48. The van der Waals surface area contributed by atoms with E-state index in [1.165, 1.54) is 30.4 Å². The van der Waals surface area contributed by atoms with E-state index in [0.29, 0.717) is 24.3 Å². The van der Waals surface area contributed by atoms with Gasteiger partial charge in [-0.2, -0.15) is 0 Å². The smallest absolute Gasteiger partial charge is 0.329 e. The number of imide groups is 1. The van der Waals surface area contributed by atoms with Gasteiger partial charge in [0.25, 0.3) is 0 Å². The van der Waals surface area contributed by atoms with E-state index < -0.39 is 6.03 Å². The molecule has 2 aromatic heterocycles. The number of anilines is 1. The van der Waals surface area contributed by atoms with Gasteiger partial charge in [0.15, 0.2) is 5.82 Å². The van der Waals surface area contributed by atoms with E-state index in [1.807, 2.05) is 17.7 Å². The summed E-state index contributed by atoms with van der Waals surface area (Å²) in [5, 5.41) is 2.36. The molecule has 192 valence electrons. The molecule has 0 radical (unpaired) electrons. The molecule has 3 aromatic rings. The van der Waals surface area contributed by atoms with Gasteiger partial charge in [0, 0.05) is 39.6 Å². The molecule has 1 saturated heterocycles. The molecule has 4 heterocycles. The molecule has 3 amide bonds. The number of aromatic nitrogens is 3. The van der Waals surface area contributed by atoms with Crippen LogP contribution in [0.5, 0.6) is 5.75 Å². The SMILES string of the molecule is Cn1c(N2CCC(=O)NC2=O)cnc1-c1ccc2c(n1)CN(Cc1ccc(OC3CCCCC3)cc1)C2. The standard InChI is InChI=1S/C28H32N6O3/c1-32-26(34-14-13-25(35)31-28(34)36)15-29-27(32)23-12-9-20-17-33(18-24(20)30-23)16-19-7-10-22(11-8-19)37-21-5-3-2-4-6-21/h7-12,15,21H,2-6,13-14,16-18H2,1H3,(H,31,35,36). The number of nitrogens with one attached hydrogen (secondary N) is 1. The fourth-order valence-electron chi connectivity index (χ4n) is 5.54. The van der Waals surface area contributed by atoms with E-state index in [4.69, 9.17) is 9.72 Å². The van der Waals surface area contributed by atoms with Crippen LogP contribution >= 0.6 is 0 Å². The van der Waals surface area contributed by atoms with Crippen molar-refractivity contribution in [2.75, 3.05) is 11.4 Å². The molecule has 1 aliphatic carbocycles. The molecule has 0 bridgehead atoms. The first-order valence-corrected chi connectivity index (χ1v) is 13.1. The Bertz CT molecular complexity index is 1310. The Labute approximate surface area is 216 Å². The van der Waals surface area contributed by atoms with Crippen LogP contribution in [0.15, 0.2) is 42.6 Å². The summed E-state index contributed by atoms with van der Waals surface area (Å²) in [5.41, 5.74) is 4.31. The second-order valence-electron chi connectivity index (χ2n) is 10.2. The zero-order valence-electron chi connectivity index (χ0n) is 21.2. The minimum atomic E-state index is -0.420. The first-order valence-electron chi connectivity index (χ1n) is 13.1. The number of imidazole rings is 1. The van der Waals surface area contributed by atoms with E-state index in [2.05, 4.69) is 45.5 Å². The Morgan fingerprint density at radius 2 is 1.84 bits per heavy atom. The third kappa shape index (κ3) is 4.96. The number of carbonyl (C=O) groups is 2. The molecule has 3 aliphatic rings. The zero-order chi connectivity index (χ0) is 25.4. The van der Waals surface area contributed by atoms with Crippen molar-refractivity contribution < 1.29 is 14.3 Å². The van der Waals surface area contributed by atoms with E-state index >= 15 is 0 Å². The number of hydrogen-bond acceptors (Lipinski definition) is 6. The maximum absolute atomic E-state index is 12.3. The molecule has 1 saturated carbocycles. The van der Waals surface area contributed by atoms with E-state index in [1.54, 1.807) is 11.1 Å². The van der Waals surface area contributed by atoms with Crippen molar-refractivity contribution in [3.05, 3.63) is 59.4 Å². The second-order valence-corrected chi connectivity index (χ2v) is 10.2. The lowest BCUT2D eigenvalue weighted by Gasteiger charge is -2.26. The van der Waals surface area contributed by atoms with Gasteiger partial charge in [0.2, 0.25) is 5.91 Å². The van der Waals surface area contributed by atoms with Gasteiger partial charge in [-0.15, -0.1) is 0 Å². The molecule has 9 nitrogen and oxygen atoms in total. The summed E-state index contributed by atoms with van der Waals surface area (Å²) in [6.07, 6.45) is 8.50. The number of carbonyl (C=O) groups excluding carboxylic acids is 2. The first-order chi connectivity index (χ1) is 18.0. The fourth-order valence-corrected chi connectivity index (χ4v) is 5.54. The zero-order valence-corrected chi connectivity index (χ0v) is 21.2. The number of amides is 3. The summed E-state index contributed by atoms with van der Waals surface area (Å²) in [4.78, 5) is 37.2. The first kappa shape index (κ1) is 23.7. The maximum Gasteiger partial charge on any atom is 0.329 e. The fraction of sp³-hybridized carbons (Fsp3) is 0.429. The molecular weight excluding hydrogens is 468 g/mol. The monoisotopic (exact) mass is 500 g/mol. The molecule has 37 heavy (non-hydrogen) atoms. The highest BCUT2D eigenvalue weighted by molar-refractivity contribution is 6.05. The Hall–Kier alpha value is -3.72. The van der Waals surface area contributed by atoms with Crippen molar-refractivity contribution in [1.29, 1.82) is 0 Å². The van der Waals surface area contributed by atoms with Crippen LogP contribution in [-0.2, 0) is 31.5 Å². The average molecular weight is 501 g/mol. The molecule has 0 atom stereocenters. The molecule has 1 N–H and O–H groups in total.